The molecule has 0 aromatic carbocycles. The van der Waals surface area contributed by atoms with Crippen LogP contribution in [0, 0.1) is 0 Å². The third kappa shape index (κ3) is 47.7. The maximum atomic E-state index is 12.8. The Hall–Kier alpha value is -5.23. The molecule has 0 radical (unpaired) electrons. The van der Waals surface area contributed by atoms with Crippen molar-refractivity contribution in [3.05, 3.63) is 170 Å². The molecule has 0 aromatic heterocycles. The van der Waals surface area contributed by atoms with Gasteiger partial charge in [0.25, 0.3) is 0 Å². The van der Waals surface area contributed by atoms with Crippen molar-refractivity contribution in [1.29, 1.82) is 0 Å². The molecule has 0 aliphatic rings. The van der Waals surface area contributed by atoms with Gasteiger partial charge in [-0.15, -0.1) is 0 Å². The summed E-state index contributed by atoms with van der Waals surface area (Å²) in [6.45, 7) is 6.06. The van der Waals surface area contributed by atoms with E-state index in [2.05, 4.69) is 75.5 Å². The van der Waals surface area contributed by atoms with Crippen LogP contribution in [0.25, 0.3) is 0 Å². The number of hydrogen-bond acceptors (Lipinski definition) is 6. The number of carbonyl (C=O) groups excluding carboxylic acids is 3. The standard InChI is InChI=1S/C57H82O6/c1-4-7-10-13-16-19-22-25-27-28-30-32-35-38-41-44-47-50-56(59)62-53-54(52-61-55(58)49-46-43-40-37-34-31-24-21-18-15-12-9-6-3)63-57(60)51-48-45-42-39-36-33-29-26-23-20-17-14-11-8-5-2/h7-25,27-28,30-32,34-35,37,40,54H,4-6,26,29,33,36,38-39,41-53H2,1-3H3/b10-7-,11-8-,12-9-,16-13-,17-14-,18-15-,22-19-,23-20-,24-21-,27-25-,30-28+,34-31-,35-32-,40-37-. The lowest BCUT2D eigenvalue weighted by molar-refractivity contribution is -0.167. The van der Waals surface area contributed by atoms with Crippen LogP contribution in [0.5, 0.6) is 0 Å². The fraction of sp³-hybridized carbons (Fsp3) is 0.456. The Balaban J connectivity index is 4.65. The summed E-state index contributed by atoms with van der Waals surface area (Å²) in [5, 5.41) is 0. The van der Waals surface area contributed by atoms with E-state index in [1.807, 2.05) is 115 Å². The van der Waals surface area contributed by atoms with Crippen LogP contribution in [0.2, 0.25) is 0 Å². The molecule has 6 heteroatoms. The van der Waals surface area contributed by atoms with Gasteiger partial charge in [0.05, 0.1) is 0 Å². The van der Waals surface area contributed by atoms with Crippen molar-refractivity contribution >= 4 is 17.9 Å². The molecule has 0 aromatic rings. The number of allylic oxidation sites excluding steroid dienone is 28. The van der Waals surface area contributed by atoms with Crippen molar-refractivity contribution in [2.45, 2.75) is 155 Å². The molecule has 1 unspecified atom stereocenters. The largest absolute Gasteiger partial charge is 0.462 e. The number of rotatable bonds is 39. The molecule has 0 saturated carbocycles. The molecule has 0 spiro atoms. The van der Waals surface area contributed by atoms with E-state index in [-0.39, 0.29) is 50.4 Å². The summed E-state index contributed by atoms with van der Waals surface area (Å²) in [6.07, 6.45) is 73.4. The monoisotopic (exact) mass is 863 g/mol. The van der Waals surface area contributed by atoms with E-state index in [0.29, 0.717) is 12.8 Å². The van der Waals surface area contributed by atoms with E-state index in [1.54, 1.807) is 0 Å². The highest BCUT2D eigenvalue weighted by Crippen LogP contribution is 2.12. The van der Waals surface area contributed by atoms with Crippen LogP contribution < -0.4 is 0 Å². The Labute approximate surface area is 383 Å². The average molecular weight is 863 g/mol. The van der Waals surface area contributed by atoms with Gasteiger partial charge in [-0.05, 0) is 70.6 Å². The van der Waals surface area contributed by atoms with E-state index in [0.717, 1.165) is 77.0 Å². The van der Waals surface area contributed by atoms with Crippen molar-refractivity contribution in [3.8, 4) is 0 Å². The first kappa shape index (κ1) is 57.8. The van der Waals surface area contributed by atoms with E-state index < -0.39 is 6.10 Å². The van der Waals surface area contributed by atoms with Crippen molar-refractivity contribution < 1.29 is 28.6 Å². The molecule has 0 bridgehead atoms. The lowest BCUT2D eigenvalue weighted by Gasteiger charge is -2.18. The maximum absolute atomic E-state index is 12.8. The normalized spacial score (nSPS) is 13.6. The lowest BCUT2D eigenvalue weighted by atomic mass is 10.1. The molecule has 0 aliphatic carbocycles. The Kier molecular flexibility index (Phi) is 45.3. The van der Waals surface area contributed by atoms with Gasteiger partial charge in [-0.2, -0.15) is 0 Å². The average Bonchev–Trinajstić information content (AvgIpc) is 3.28. The van der Waals surface area contributed by atoms with Crippen LogP contribution >= 0.6 is 0 Å². The fourth-order valence-corrected chi connectivity index (χ4v) is 5.56. The second kappa shape index (κ2) is 49.4. The number of esters is 3. The second-order valence-electron chi connectivity index (χ2n) is 14.9. The molecule has 0 rings (SSSR count). The third-order valence-corrected chi connectivity index (χ3v) is 9.05. The van der Waals surface area contributed by atoms with E-state index in [9.17, 15) is 14.4 Å². The van der Waals surface area contributed by atoms with Gasteiger partial charge in [-0.1, -0.05) is 229 Å². The smallest absolute Gasteiger partial charge is 0.306 e. The van der Waals surface area contributed by atoms with Gasteiger partial charge in [-0.25, -0.2) is 0 Å². The Morgan fingerprint density at radius 1 is 0.317 bits per heavy atom. The van der Waals surface area contributed by atoms with Crippen LogP contribution in [-0.2, 0) is 28.6 Å². The molecule has 0 N–H and O–H groups in total. The van der Waals surface area contributed by atoms with E-state index in [1.165, 1.54) is 19.3 Å². The fourth-order valence-electron chi connectivity index (χ4n) is 5.56. The molecule has 0 saturated heterocycles. The van der Waals surface area contributed by atoms with Gasteiger partial charge in [0, 0.05) is 19.3 Å². The van der Waals surface area contributed by atoms with Crippen molar-refractivity contribution in [2.24, 2.45) is 0 Å². The summed E-state index contributed by atoms with van der Waals surface area (Å²) >= 11 is 0. The minimum absolute atomic E-state index is 0.139. The molecular weight excluding hydrogens is 781 g/mol. The molecule has 0 fully saturated rings. The molecule has 0 aliphatic heterocycles. The Morgan fingerprint density at radius 3 is 0.968 bits per heavy atom. The minimum atomic E-state index is -0.841. The van der Waals surface area contributed by atoms with Crippen molar-refractivity contribution in [3.63, 3.8) is 0 Å². The predicted molar refractivity (Wildman–Crippen MR) is 269 cm³/mol. The van der Waals surface area contributed by atoms with Gasteiger partial charge in [-0.3, -0.25) is 14.4 Å². The minimum Gasteiger partial charge on any atom is -0.462 e. The number of carbonyl (C=O) groups is 3. The van der Waals surface area contributed by atoms with E-state index >= 15 is 0 Å². The summed E-state index contributed by atoms with van der Waals surface area (Å²) in [6, 6.07) is 0. The van der Waals surface area contributed by atoms with Gasteiger partial charge >= 0.3 is 17.9 Å². The van der Waals surface area contributed by atoms with Crippen molar-refractivity contribution in [1.82, 2.24) is 0 Å². The first-order valence-corrected chi connectivity index (χ1v) is 23.8. The van der Waals surface area contributed by atoms with Crippen LogP contribution in [0.3, 0.4) is 0 Å². The van der Waals surface area contributed by atoms with Crippen LogP contribution in [0.15, 0.2) is 170 Å². The molecule has 6 nitrogen and oxygen atoms in total. The van der Waals surface area contributed by atoms with Gasteiger partial charge < -0.3 is 14.2 Å². The molecule has 0 amide bonds. The zero-order valence-electron chi connectivity index (χ0n) is 39.2. The number of unbranched alkanes of at least 4 members (excludes halogenated alkanes) is 11. The van der Waals surface area contributed by atoms with Gasteiger partial charge in [0.2, 0.25) is 0 Å². The summed E-state index contributed by atoms with van der Waals surface area (Å²) in [4.78, 5) is 37.9. The van der Waals surface area contributed by atoms with Crippen LogP contribution in [0.1, 0.15) is 149 Å². The molecule has 63 heavy (non-hydrogen) atoms. The SMILES string of the molecule is CC\C=C/C=C\C=C/C=C\C=C/CCCC(=O)OCC(COC(=O)CCCCC\C=C/C=C/C=C\C=C/C=C\C=C/CC)OC(=O)CCCCCCCCC\C=C/C=C\C=C/CC. The van der Waals surface area contributed by atoms with Gasteiger partial charge in [0.15, 0.2) is 6.10 Å². The molecule has 346 valence electrons. The quantitative estimate of drug-likeness (QED) is 0.0265. The molecular formula is C57H82O6. The Bertz CT molecular complexity index is 1550. The van der Waals surface area contributed by atoms with Crippen LogP contribution in [0.4, 0.5) is 0 Å². The maximum Gasteiger partial charge on any atom is 0.306 e. The highest BCUT2D eigenvalue weighted by molar-refractivity contribution is 5.71. The molecule has 1 atom stereocenters. The van der Waals surface area contributed by atoms with Crippen LogP contribution in [-0.4, -0.2) is 37.2 Å². The van der Waals surface area contributed by atoms with Crippen molar-refractivity contribution in [2.75, 3.05) is 13.2 Å². The first-order chi connectivity index (χ1) is 31.0. The Morgan fingerprint density at radius 2 is 0.587 bits per heavy atom. The van der Waals surface area contributed by atoms with Gasteiger partial charge in [0.1, 0.15) is 13.2 Å². The summed E-state index contributed by atoms with van der Waals surface area (Å²) in [7, 11) is 0. The number of hydrogen-bond donors (Lipinski definition) is 0. The summed E-state index contributed by atoms with van der Waals surface area (Å²) in [5.41, 5.74) is 0. The third-order valence-electron chi connectivity index (χ3n) is 9.05. The lowest BCUT2D eigenvalue weighted by Crippen LogP contribution is -2.30. The number of ether oxygens (including phenoxy) is 3. The predicted octanol–water partition coefficient (Wildman–Crippen LogP) is 15.6. The zero-order valence-corrected chi connectivity index (χ0v) is 39.2. The highest BCUT2D eigenvalue weighted by Gasteiger charge is 2.19. The summed E-state index contributed by atoms with van der Waals surface area (Å²) < 4.78 is 16.6. The topological polar surface area (TPSA) is 78.9 Å². The molecule has 0 heterocycles. The second-order valence-corrected chi connectivity index (χ2v) is 14.9. The zero-order chi connectivity index (χ0) is 45.8. The first-order valence-electron chi connectivity index (χ1n) is 23.8. The summed E-state index contributed by atoms with van der Waals surface area (Å²) in [5.74, 6) is -1.09. The highest BCUT2D eigenvalue weighted by atomic mass is 16.6. The van der Waals surface area contributed by atoms with E-state index in [4.69, 9.17) is 14.2 Å².